The summed E-state index contributed by atoms with van der Waals surface area (Å²) in [7, 11) is 4.68. The number of aliphatic hydroxyl groups excluding tert-OH is 1. The number of methoxy groups -OCH3 is 3. The molecule has 5 rings (SSSR count). The largest absolute Gasteiger partial charge is 0.456 e. The predicted molar refractivity (Wildman–Crippen MR) is 545 cm³/mol. The van der Waals surface area contributed by atoms with E-state index in [9.17, 15) is 29.4 Å². The first-order chi connectivity index (χ1) is 63.3. The predicted octanol–water partition coefficient (Wildman–Crippen LogP) is 14.9. The average molecular weight is 1860 g/mol. The average Bonchev–Trinajstić information content (AvgIpc) is 0.850. The van der Waals surface area contributed by atoms with Crippen LogP contribution in [0.5, 0.6) is 5.75 Å². The number of Topliss-reactive ketones (excluding diaryl/α,β-unsaturated/α-hetero) is 2. The van der Waals surface area contributed by atoms with Crippen molar-refractivity contribution in [2.45, 2.75) is 167 Å². The molecule has 0 aromatic heterocycles. The first-order valence-corrected chi connectivity index (χ1v) is 39.0. The van der Waals surface area contributed by atoms with E-state index in [0.29, 0.717) is 62.7 Å². The van der Waals surface area contributed by atoms with E-state index in [-0.39, 0.29) is 111 Å². The van der Waals surface area contributed by atoms with Gasteiger partial charge in [-0.1, -0.05) is 73.6 Å². The van der Waals surface area contributed by atoms with Crippen LogP contribution in [0.1, 0.15) is 162 Å². The summed E-state index contributed by atoms with van der Waals surface area (Å²) in [4.78, 5) is 65.8. The van der Waals surface area contributed by atoms with Crippen molar-refractivity contribution in [3.63, 3.8) is 0 Å². The number of esters is 1. The van der Waals surface area contributed by atoms with Crippen molar-refractivity contribution >= 4 is 53.8 Å². The van der Waals surface area contributed by atoms with Crippen LogP contribution >= 0.6 is 25.1 Å². The number of ketones is 2. The van der Waals surface area contributed by atoms with Gasteiger partial charge in [0, 0.05) is 317 Å². The zero-order valence-corrected chi connectivity index (χ0v) is 72.9. The lowest BCUT2D eigenvalue weighted by Crippen LogP contribution is -2.64. The monoisotopic (exact) mass is 1860 g/mol. The Morgan fingerprint density at radius 2 is 0.992 bits per heavy atom. The third-order valence-electron chi connectivity index (χ3n) is 17.4. The number of thiocarbonyl (C=S) groups is 1. The minimum atomic E-state index is -2.52. The van der Waals surface area contributed by atoms with Gasteiger partial charge in [-0.3, -0.25) is 14.4 Å². The first kappa shape index (κ1) is 109. The molecule has 2 saturated heterocycles. The topological polar surface area (TPSA) is 320 Å². The highest BCUT2D eigenvalue weighted by Gasteiger charge is 2.57. The van der Waals surface area contributed by atoms with Gasteiger partial charge in [-0.15, -0.1) is 17.2 Å². The SMILES string of the molecule is C#CC#CC#CC#CC#CC#CC#CC#CC#CC#CC#CC#CC#CC#CC#CC#CC#CC#CC#CC#CC#CC#CC#CC#CC#C.CC[C@@H]1/C=C(\C)C[C@H](C)C[C@H](OC)[C@H]2O[C@@](O)(C(=O)C(=O)N3CCCC[C@H]3C(=O)O[C@H](/C(C)=C/[C@@H]3CC[C@@H](OC(=S)Oc4ccccc4)[C@H](OC)C3)[C@H](C)[C@@H](O)CC1=O)[C@H](C)C[C@@H]2OC.OOOOOOONOOOOOOS.[HH].[HH].[HH].[HH].[HH].[HH].[HH].[HH].[HH].[HH].[HH].[HH].[HH].[HH].[HH].[HH].[HH].[HH].[HH].[HH].[HH].[HH].[HH].[HH].[HH].[HH].[HH].[HH].[HH].[HH].[HH].[HH].[HH].[HH].[HH]. The summed E-state index contributed by atoms with van der Waals surface area (Å²) < 4.78 is 45.6. The summed E-state index contributed by atoms with van der Waals surface area (Å²) in [5.41, 5.74) is 3.06. The van der Waals surface area contributed by atoms with E-state index in [4.69, 9.17) is 63.5 Å². The zero-order valence-electron chi connectivity index (χ0n) is 71.2. The van der Waals surface area contributed by atoms with E-state index in [1.807, 2.05) is 51.1 Å². The lowest BCUT2D eigenvalue weighted by molar-refractivity contribution is -0.807. The highest BCUT2D eigenvalue weighted by atomic mass is 32.1. The fourth-order valence-electron chi connectivity index (χ4n) is 11.8. The van der Waals surface area contributed by atoms with Crippen molar-refractivity contribution in [2.24, 2.45) is 29.6 Å². The molecule has 3 heterocycles. The molecule has 130 heavy (non-hydrogen) atoms. The molecule has 4 aliphatic rings. The lowest BCUT2D eigenvalue weighted by Gasteiger charge is -2.47. The van der Waals surface area contributed by atoms with Gasteiger partial charge in [0.15, 0.2) is 0 Å². The summed E-state index contributed by atoms with van der Waals surface area (Å²) in [6.45, 7) is 11.3. The van der Waals surface area contributed by atoms with Crippen LogP contribution in [-0.2, 0) is 107 Å². The number of carbonyl (C=O) groups excluding carboxylic acids is 4. The number of thiol groups is 1. The second kappa shape index (κ2) is 70.4. The third kappa shape index (κ3) is 47.5. The van der Waals surface area contributed by atoms with Gasteiger partial charge in [0.2, 0.25) is 5.79 Å². The quantitative estimate of drug-likeness (QED) is 0.00774. The van der Waals surface area contributed by atoms with Gasteiger partial charge < -0.3 is 48.3 Å². The molecule has 726 valence electrons. The number of cyclic esters (lactones) is 1. The summed E-state index contributed by atoms with van der Waals surface area (Å²) in [5, 5.41) is 62.2. The molecule has 3 fully saturated rings. The molecule has 1 amide bonds. The van der Waals surface area contributed by atoms with Crippen molar-refractivity contribution in [1.82, 2.24) is 10.5 Å². The number of aliphatic hydroxyl groups is 2. The van der Waals surface area contributed by atoms with E-state index < -0.39 is 77.8 Å². The van der Waals surface area contributed by atoms with E-state index in [1.165, 1.54) is 24.8 Å². The molecular weight excluding hydrogens is 1710 g/mol. The number of hydrogen-bond acceptors (Lipinski definition) is 29. The van der Waals surface area contributed by atoms with E-state index in [0.717, 1.165) is 5.57 Å². The number of allylic oxidation sites excluding steroid dienone is 3. The van der Waals surface area contributed by atoms with E-state index >= 15 is 0 Å². The molecule has 1 aromatic carbocycles. The standard InChI is InChI=1S/C50H73NO13S.C50H2.H3NO13S.35H2/c1-10-35-23-29(2)22-30(3)24-42(59-8)45-43(60-9)26-32(5)50(57,64-45)46(54)47(55)51-21-15-14-18-37(51)48(56)63-44(33(6)38(52)28-39(35)53)31(4)25-34-19-20-40(41(27-34)58-7)62-49(65)61-36-16-12-11-13-17-36;1-3-5-7-9-11-13-15-17-19-21-23-25-27-29-31-33-35-37-39-41-43-45-47-49-50-48-46-44-42-40-38-36-34-32-30-28-26-24-22-20-18-16-14-12-10-8-6-4-2;2-5-8-11-9-6-3-1-4-7-10-12-13-14-15;;;;;;;;;;;;;;;;;;;;;;;;;;;;;;;;;;;/h11-13,16-17,23,25,30,32-35,37-38,40-45,52,57H,10,14-15,18-22,24,26-28H2,1-9H3;1-2H;1-2,15H;35*1H/b29-23+,31-25+;;;;;;;;;;;;;;;;;;;;;;;;;;;;;;;;;;;;;/t30-,32+,33+,34-,35+,37-,38-,40+,41+,42-,43-,44+,45+,50+;;;;;;;;;;;;;;;;;;;;;;;;;;;;;;;;;;;;;/m0...................................../s1. The Morgan fingerprint density at radius 3 is 1.41 bits per heavy atom. The number of nitrogens with zero attached hydrogens (tertiary/aromatic N) is 1. The molecule has 30 heteroatoms. The highest BCUT2D eigenvalue weighted by Crippen LogP contribution is 2.40. The van der Waals surface area contributed by atoms with E-state index in [2.05, 4.69) is 364 Å². The number of hydrogen-bond donors (Lipinski definition) is 5. The number of amides is 1. The minimum absolute atomic E-state index is 0. The maximum absolute atomic E-state index is 14.5. The maximum Gasteiger partial charge on any atom is 0.358 e. The number of carbonyl (C=O) groups is 4. The second-order valence-electron chi connectivity index (χ2n) is 25.9. The molecule has 0 radical (unpaired) electrons. The van der Waals surface area contributed by atoms with Crippen LogP contribution in [0.3, 0.4) is 0 Å². The number of rotatable bonds is 20. The summed E-state index contributed by atoms with van der Waals surface area (Å²) >= 11 is 8.48. The van der Waals surface area contributed by atoms with Crippen LogP contribution in [-0.4, -0.2) is 131 Å². The first-order valence-electron chi connectivity index (χ1n) is 38.2. The van der Waals surface area contributed by atoms with Gasteiger partial charge >= 0.3 is 11.2 Å². The van der Waals surface area contributed by atoms with Crippen LogP contribution in [0.25, 0.3) is 0 Å². The van der Waals surface area contributed by atoms with Crippen molar-refractivity contribution in [3.05, 3.63) is 53.6 Å². The number of nitrogens with one attached hydrogen (secondary N) is 1. The van der Waals surface area contributed by atoms with Gasteiger partial charge in [0.05, 0.1) is 24.4 Å². The minimum Gasteiger partial charge on any atom is -0.456 e. The molecule has 0 spiro atoms. The van der Waals surface area contributed by atoms with Gasteiger partial charge in [-0.2, -0.15) is 0 Å². The Labute approximate surface area is 820 Å². The molecule has 4 N–H and O–H groups in total. The Balaban J connectivity index is -0.0000000515. The molecule has 14 atom stereocenters. The summed E-state index contributed by atoms with van der Waals surface area (Å²) in [5.74, 6) is 111. The van der Waals surface area contributed by atoms with Gasteiger partial charge in [-0.05, 0) is 253 Å². The van der Waals surface area contributed by atoms with Crippen LogP contribution < -0.4 is 10.4 Å². The molecule has 2 bridgehead atoms. The molecule has 0 unspecified atom stereocenters. The normalized spacial score (nSPS) is 21.3. The molecule has 1 aromatic rings. The Morgan fingerprint density at radius 1 is 0.569 bits per heavy atom. The van der Waals surface area contributed by atoms with Gasteiger partial charge in [-0.25, -0.2) is 10.1 Å². The number of fused-ring (bicyclic) bond motifs is 3. The number of ether oxygens (including phenoxy) is 7. The molecular formula is C100H148N2O26S2. The number of piperidine rings is 1. The molecule has 1 saturated carbocycles. The highest BCUT2D eigenvalue weighted by molar-refractivity contribution is 7.79. The Bertz CT molecular complexity index is 5800. The lowest BCUT2D eigenvalue weighted by atomic mass is 9.81. The maximum atomic E-state index is 14.5. The van der Waals surface area contributed by atoms with Gasteiger partial charge in [0.1, 0.15) is 35.9 Å². The van der Waals surface area contributed by atoms with Crippen molar-refractivity contribution in [1.29, 1.82) is 0 Å². The van der Waals surface area contributed by atoms with Crippen LogP contribution in [0.15, 0.2) is 53.6 Å². The van der Waals surface area contributed by atoms with Crippen LogP contribution in [0.2, 0.25) is 0 Å². The second-order valence-corrected chi connectivity index (χ2v) is 26.4. The molecule has 28 nitrogen and oxygen atoms in total. The molecule has 3 aliphatic heterocycles. The van der Waals surface area contributed by atoms with E-state index in [1.54, 1.807) is 33.1 Å². The summed E-state index contributed by atoms with van der Waals surface area (Å²) in [6.07, 6.45) is 13.7. The zero-order chi connectivity index (χ0) is 94.7. The van der Waals surface area contributed by atoms with Crippen LogP contribution in [0, 0.1) is 327 Å². The smallest absolute Gasteiger partial charge is 0.358 e. The fraction of sp³-hybridized carbons (Fsp3) is 0.350. The number of para-hydroxylation sites is 1. The number of terminal acetylenes is 2. The van der Waals surface area contributed by atoms with Crippen LogP contribution in [0.4, 0.5) is 0 Å². The Kier molecular flexibility index (Phi) is 59.2. The fourth-order valence-corrected chi connectivity index (χ4v) is 12.1. The van der Waals surface area contributed by atoms with Crippen molar-refractivity contribution in [3.8, 4) is 303 Å². The van der Waals surface area contributed by atoms with Gasteiger partial charge in [0.25, 0.3) is 11.7 Å². The van der Waals surface area contributed by atoms with Crippen molar-refractivity contribution in [2.75, 3.05) is 27.9 Å². The number of benzene rings is 1. The third-order valence-corrected chi connectivity index (χ3v) is 17.6. The Hall–Kier alpha value is -14.8. The molecule has 1 aliphatic carbocycles. The summed E-state index contributed by atoms with van der Waals surface area (Å²) in [6, 6.07) is 7.99. The van der Waals surface area contributed by atoms with Crippen molar-refractivity contribution < 1.29 is 177 Å².